The number of carbonyl (C=O) groups is 1. The van der Waals surface area contributed by atoms with E-state index in [2.05, 4.69) is 20.4 Å². The summed E-state index contributed by atoms with van der Waals surface area (Å²) in [4.78, 5) is 21.4. The van der Waals surface area contributed by atoms with Gasteiger partial charge in [-0.3, -0.25) is 14.8 Å². The van der Waals surface area contributed by atoms with Gasteiger partial charge in [-0.2, -0.15) is 5.10 Å². The Balaban J connectivity index is 1.65. The molecule has 0 fully saturated rings. The van der Waals surface area contributed by atoms with Crippen LogP contribution in [0.3, 0.4) is 0 Å². The molecule has 0 bridgehead atoms. The number of nitrogens with one attached hydrogen (secondary N) is 1. The molecule has 0 atom stereocenters. The minimum absolute atomic E-state index is 0.221. The number of carbonyl (C=O) groups excluding carboxylic acids is 1. The van der Waals surface area contributed by atoms with E-state index in [-0.39, 0.29) is 5.91 Å². The predicted octanol–water partition coefficient (Wildman–Crippen LogP) is 3.57. The van der Waals surface area contributed by atoms with Crippen LogP contribution in [0.5, 0.6) is 0 Å². The summed E-state index contributed by atoms with van der Waals surface area (Å²) < 4.78 is 1.67. The number of hydrogen-bond donors (Lipinski definition) is 1. The van der Waals surface area contributed by atoms with Gasteiger partial charge in [-0.1, -0.05) is 48.5 Å². The minimum atomic E-state index is -0.221. The summed E-state index contributed by atoms with van der Waals surface area (Å²) >= 11 is 0. The number of benzene rings is 2. The maximum Gasteiger partial charge on any atom is 0.270 e. The van der Waals surface area contributed by atoms with Crippen molar-refractivity contribution in [1.82, 2.24) is 25.1 Å². The lowest BCUT2D eigenvalue weighted by Crippen LogP contribution is -2.26. The van der Waals surface area contributed by atoms with Crippen LogP contribution in [0.25, 0.3) is 16.9 Å². The first kappa shape index (κ1) is 17.6. The van der Waals surface area contributed by atoms with Crippen LogP contribution >= 0.6 is 0 Å². The van der Waals surface area contributed by atoms with Gasteiger partial charge in [0.15, 0.2) is 0 Å². The fourth-order valence-corrected chi connectivity index (χ4v) is 2.83. The molecule has 0 radical (unpaired) electrons. The Morgan fingerprint density at radius 2 is 1.68 bits per heavy atom. The van der Waals surface area contributed by atoms with Gasteiger partial charge in [0.05, 0.1) is 35.5 Å². The van der Waals surface area contributed by atoms with Crippen molar-refractivity contribution < 1.29 is 4.79 Å². The number of hydrogen-bond acceptors (Lipinski definition) is 4. The molecular formula is C22H19N5O. The number of rotatable bonds is 5. The van der Waals surface area contributed by atoms with Crippen molar-refractivity contribution in [3.63, 3.8) is 0 Å². The third kappa shape index (κ3) is 3.81. The second kappa shape index (κ2) is 7.84. The first-order valence-electron chi connectivity index (χ1n) is 8.97. The lowest BCUT2D eigenvalue weighted by Gasteiger charge is -2.08. The van der Waals surface area contributed by atoms with Crippen LogP contribution in [-0.2, 0) is 6.54 Å². The lowest BCUT2D eigenvalue weighted by atomic mass is 10.1. The quantitative estimate of drug-likeness (QED) is 0.584. The zero-order chi connectivity index (χ0) is 19.3. The van der Waals surface area contributed by atoms with Crippen molar-refractivity contribution in [2.75, 3.05) is 0 Å². The van der Waals surface area contributed by atoms with E-state index in [4.69, 9.17) is 0 Å². The van der Waals surface area contributed by atoms with E-state index in [1.54, 1.807) is 23.1 Å². The van der Waals surface area contributed by atoms with Gasteiger partial charge in [0.2, 0.25) is 0 Å². The molecule has 0 spiro atoms. The molecule has 2 aromatic carbocycles. The third-order valence-corrected chi connectivity index (χ3v) is 4.28. The topological polar surface area (TPSA) is 72.7 Å². The van der Waals surface area contributed by atoms with Crippen molar-refractivity contribution in [3.8, 4) is 16.9 Å². The van der Waals surface area contributed by atoms with Crippen molar-refractivity contribution in [3.05, 3.63) is 96.2 Å². The summed E-state index contributed by atoms with van der Waals surface area (Å²) in [5.41, 5.74) is 4.52. The fourth-order valence-electron chi connectivity index (χ4n) is 2.83. The Morgan fingerprint density at radius 3 is 2.36 bits per heavy atom. The van der Waals surface area contributed by atoms with Crippen LogP contribution in [0, 0.1) is 6.92 Å². The van der Waals surface area contributed by atoms with Crippen LogP contribution in [0.2, 0.25) is 0 Å². The molecule has 0 aliphatic rings. The van der Waals surface area contributed by atoms with Gasteiger partial charge in [0.25, 0.3) is 5.91 Å². The Bertz CT molecular complexity index is 1070. The molecule has 0 saturated heterocycles. The minimum Gasteiger partial charge on any atom is -0.345 e. The molecule has 28 heavy (non-hydrogen) atoms. The Hall–Kier alpha value is -3.80. The molecule has 4 rings (SSSR count). The summed E-state index contributed by atoms with van der Waals surface area (Å²) in [7, 11) is 0. The summed E-state index contributed by atoms with van der Waals surface area (Å²) in [6, 6.07) is 21.2. The smallest absolute Gasteiger partial charge is 0.270 e. The zero-order valence-electron chi connectivity index (χ0n) is 15.4. The van der Waals surface area contributed by atoms with Gasteiger partial charge in [-0.25, -0.2) is 4.68 Å². The molecule has 2 heterocycles. The Kier molecular flexibility index (Phi) is 4.93. The maximum absolute atomic E-state index is 12.9. The highest BCUT2D eigenvalue weighted by atomic mass is 16.2. The van der Waals surface area contributed by atoms with E-state index >= 15 is 0 Å². The fraction of sp³-hybridized carbons (Fsp3) is 0.0909. The van der Waals surface area contributed by atoms with Crippen LogP contribution in [-0.4, -0.2) is 25.7 Å². The second-order valence-electron chi connectivity index (χ2n) is 6.36. The monoisotopic (exact) mass is 369 g/mol. The van der Waals surface area contributed by atoms with E-state index in [0.29, 0.717) is 17.9 Å². The normalized spacial score (nSPS) is 10.6. The molecule has 2 aromatic heterocycles. The van der Waals surface area contributed by atoms with Crippen molar-refractivity contribution in [2.24, 2.45) is 0 Å². The average molecular weight is 369 g/mol. The number of aromatic nitrogens is 4. The van der Waals surface area contributed by atoms with Crippen LogP contribution < -0.4 is 5.32 Å². The van der Waals surface area contributed by atoms with Crippen molar-refractivity contribution in [1.29, 1.82) is 0 Å². The largest absolute Gasteiger partial charge is 0.345 e. The summed E-state index contributed by atoms with van der Waals surface area (Å²) in [6.45, 7) is 2.17. The van der Waals surface area contributed by atoms with Crippen LogP contribution in [0.4, 0.5) is 0 Å². The number of para-hydroxylation sites is 1. The van der Waals surface area contributed by atoms with Gasteiger partial charge in [0, 0.05) is 11.8 Å². The number of nitrogens with zero attached hydrogens (tertiary/aromatic N) is 4. The van der Waals surface area contributed by atoms with E-state index in [1.165, 1.54) is 0 Å². The number of aryl methyl sites for hydroxylation is 1. The highest BCUT2D eigenvalue weighted by Crippen LogP contribution is 2.21. The SMILES string of the molecule is Cc1cnc(CNC(=O)c2cc(-c3ccccc3)nn2-c2ccccc2)cn1. The van der Waals surface area contributed by atoms with Gasteiger partial charge in [-0.05, 0) is 25.1 Å². The summed E-state index contributed by atoms with van der Waals surface area (Å²) in [5, 5.41) is 7.57. The van der Waals surface area contributed by atoms with Gasteiger partial charge in [0.1, 0.15) is 5.69 Å². The summed E-state index contributed by atoms with van der Waals surface area (Å²) in [6.07, 6.45) is 3.35. The molecule has 6 heteroatoms. The molecule has 4 aromatic rings. The first-order chi connectivity index (χ1) is 13.7. The first-order valence-corrected chi connectivity index (χ1v) is 8.97. The Labute approximate surface area is 162 Å². The number of amides is 1. The molecule has 1 amide bonds. The molecule has 1 N–H and O–H groups in total. The van der Waals surface area contributed by atoms with Crippen LogP contribution in [0.1, 0.15) is 21.9 Å². The molecule has 0 aliphatic heterocycles. The molecule has 0 aliphatic carbocycles. The van der Waals surface area contributed by atoms with Crippen LogP contribution in [0.15, 0.2) is 79.1 Å². The average Bonchev–Trinajstić information content (AvgIpc) is 3.20. The lowest BCUT2D eigenvalue weighted by molar-refractivity contribution is 0.0942. The standard InChI is InChI=1S/C22H19N5O/c1-16-13-24-18(14-23-16)15-25-22(28)21-12-20(17-8-4-2-5-9-17)26-27(21)19-10-6-3-7-11-19/h2-14H,15H2,1H3,(H,25,28). The molecule has 138 valence electrons. The zero-order valence-corrected chi connectivity index (χ0v) is 15.4. The van der Waals surface area contributed by atoms with E-state index in [1.807, 2.05) is 67.6 Å². The third-order valence-electron chi connectivity index (χ3n) is 4.28. The van der Waals surface area contributed by atoms with E-state index in [9.17, 15) is 4.79 Å². The van der Waals surface area contributed by atoms with Gasteiger partial charge >= 0.3 is 0 Å². The van der Waals surface area contributed by atoms with E-state index in [0.717, 1.165) is 22.6 Å². The molecule has 6 nitrogen and oxygen atoms in total. The van der Waals surface area contributed by atoms with Gasteiger partial charge in [-0.15, -0.1) is 0 Å². The Morgan fingerprint density at radius 1 is 0.964 bits per heavy atom. The summed E-state index contributed by atoms with van der Waals surface area (Å²) in [5.74, 6) is -0.221. The van der Waals surface area contributed by atoms with Crippen molar-refractivity contribution in [2.45, 2.75) is 13.5 Å². The molecule has 0 saturated carbocycles. The van der Waals surface area contributed by atoms with Gasteiger partial charge < -0.3 is 5.32 Å². The maximum atomic E-state index is 12.9. The van der Waals surface area contributed by atoms with E-state index < -0.39 is 0 Å². The van der Waals surface area contributed by atoms with Crippen molar-refractivity contribution >= 4 is 5.91 Å². The predicted molar refractivity (Wildman–Crippen MR) is 107 cm³/mol. The molecule has 0 unspecified atom stereocenters. The highest BCUT2D eigenvalue weighted by Gasteiger charge is 2.17. The molecular weight excluding hydrogens is 350 g/mol. The highest BCUT2D eigenvalue weighted by molar-refractivity contribution is 5.94. The second-order valence-corrected chi connectivity index (χ2v) is 6.36.